The number of aliphatic hydroxyl groups excluding tert-OH is 1. The highest BCUT2D eigenvalue weighted by Gasteiger charge is 2.37. The molecule has 1 atom stereocenters. The summed E-state index contributed by atoms with van der Waals surface area (Å²) >= 11 is 0. The first kappa shape index (κ1) is 17.5. The molecule has 2 aliphatic heterocycles. The van der Waals surface area contributed by atoms with Crippen LogP contribution < -0.4 is 15.0 Å². The van der Waals surface area contributed by atoms with Crippen molar-refractivity contribution in [2.75, 3.05) is 24.7 Å². The Kier molecular flexibility index (Phi) is 4.36. The SMILES string of the molecule is CC(=O)N1CCc2cc(C(=O)NC3(CO)COc4ccccc4C3)ccc21. The maximum Gasteiger partial charge on any atom is 0.251 e. The number of hydrogen-bond donors (Lipinski definition) is 2. The number of benzene rings is 2. The number of ether oxygens (including phenoxy) is 1. The lowest BCUT2D eigenvalue weighted by Crippen LogP contribution is -2.58. The van der Waals surface area contributed by atoms with Crippen molar-refractivity contribution in [3.05, 3.63) is 59.2 Å². The van der Waals surface area contributed by atoms with Gasteiger partial charge in [-0.25, -0.2) is 0 Å². The molecule has 0 radical (unpaired) electrons. The summed E-state index contributed by atoms with van der Waals surface area (Å²) in [5, 5.41) is 12.9. The van der Waals surface area contributed by atoms with E-state index in [-0.39, 0.29) is 25.0 Å². The minimum absolute atomic E-state index is 0.00297. The first-order valence-corrected chi connectivity index (χ1v) is 9.06. The molecule has 0 saturated carbocycles. The lowest BCUT2D eigenvalue weighted by Gasteiger charge is -2.37. The van der Waals surface area contributed by atoms with Crippen LogP contribution in [-0.4, -0.2) is 42.2 Å². The van der Waals surface area contributed by atoms with E-state index in [1.807, 2.05) is 36.4 Å². The zero-order valence-corrected chi connectivity index (χ0v) is 15.2. The van der Waals surface area contributed by atoms with Gasteiger partial charge in [-0.15, -0.1) is 0 Å². The number of fused-ring (bicyclic) bond motifs is 2. The average molecular weight is 366 g/mol. The second kappa shape index (κ2) is 6.70. The van der Waals surface area contributed by atoms with Crippen LogP contribution in [0.15, 0.2) is 42.5 Å². The molecule has 0 aliphatic carbocycles. The minimum atomic E-state index is -0.851. The molecule has 0 spiro atoms. The Bertz CT molecular complexity index is 911. The quantitative estimate of drug-likeness (QED) is 0.867. The summed E-state index contributed by atoms with van der Waals surface area (Å²) in [7, 11) is 0. The number of anilines is 1. The van der Waals surface area contributed by atoms with Gasteiger partial charge in [0.25, 0.3) is 5.91 Å². The van der Waals surface area contributed by atoms with Crippen LogP contribution >= 0.6 is 0 Å². The number of amides is 2. The molecule has 27 heavy (non-hydrogen) atoms. The zero-order chi connectivity index (χ0) is 19.0. The van der Waals surface area contributed by atoms with E-state index in [9.17, 15) is 14.7 Å². The average Bonchev–Trinajstić information content (AvgIpc) is 3.11. The van der Waals surface area contributed by atoms with Gasteiger partial charge in [-0.3, -0.25) is 9.59 Å². The first-order valence-electron chi connectivity index (χ1n) is 9.06. The lowest BCUT2D eigenvalue weighted by atomic mass is 9.89. The summed E-state index contributed by atoms with van der Waals surface area (Å²) in [4.78, 5) is 26.2. The number of hydrogen-bond acceptors (Lipinski definition) is 4. The van der Waals surface area contributed by atoms with Crippen molar-refractivity contribution >= 4 is 17.5 Å². The Labute approximate surface area is 157 Å². The van der Waals surface area contributed by atoms with E-state index in [4.69, 9.17) is 4.74 Å². The van der Waals surface area contributed by atoms with Gasteiger partial charge in [-0.1, -0.05) is 18.2 Å². The van der Waals surface area contributed by atoms with Crippen LogP contribution in [0, 0.1) is 0 Å². The van der Waals surface area contributed by atoms with Crippen LogP contribution in [0.2, 0.25) is 0 Å². The van der Waals surface area contributed by atoms with E-state index in [2.05, 4.69) is 5.32 Å². The van der Waals surface area contributed by atoms with Crippen molar-refractivity contribution in [1.82, 2.24) is 5.32 Å². The molecule has 2 aliphatic rings. The van der Waals surface area contributed by atoms with E-state index >= 15 is 0 Å². The maximum atomic E-state index is 12.8. The largest absolute Gasteiger partial charge is 0.491 e. The van der Waals surface area contributed by atoms with Crippen LogP contribution in [0.1, 0.15) is 28.4 Å². The lowest BCUT2D eigenvalue weighted by molar-refractivity contribution is -0.116. The molecule has 0 aromatic heterocycles. The minimum Gasteiger partial charge on any atom is -0.491 e. The van der Waals surface area contributed by atoms with Crippen molar-refractivity contribution in [3.8, 4) is 5.75 Å². The molecule has 0 fully saturated rings. The smallest absolute Gasteiger partial charge is 0.251 e. The summed E-state index contributed by atoms with van der Waals surface area (Å²) in [5.41, 5.74) is 2.48. The molecule has 1 unspecified atom stereocenters. The van der Waals surface area contributed by atoms with Crippen LogP contribution in [0.4, 0.5) is 5.69 Å². The standard InChI is InChI=1S/C21H22N2O4/c1-14(25)23-9-8-15-10-16(6-7-18(15)23)20(26)22-21(12-24)11-17-4-2-3-5-19(17)27-13-21/h2-7,10,24H,8-9,11-13H2,1H3,(H,22,26). The van der Waals surface area contributed by atoms with Gasteiger partial charge in [0.05, 0.1) is 6.61 Å². The van der Waals surface area contributed by atoms with E-state index in [1.165, 1.54) is 0 Å². The fourth-order valence-electron chi connectivity index (χ4n) is 3.83. The molecule has 2 aromatic rings. The van der Waals surface area contributed by atoms with Crippen LogP contribution in [0.3, 0.4) is 0 Å². The van der Waals surface area contributed by atoms with E-state index in [0.717, 1.165) is 29.0 Å². The summed E-state index contributed by atoms with van der Waals surface area (Å²) in [6.45, 7) is 2.19. The fourth-order valence-corrected chi connectivity index (χ4v) is 3.83. The van der Waals surface area contributed by atoms with Crippen LogP contribution in [0.25, 0.3) is 0 Å². The molecule has 0 bridgehead atoms. The first-order chi connectivity index (χ1) is 13.0. The van der Waals surface area contributed by atoms with Gasteiger partial charge in [-0.05, 0) is 41.8 Å². The van der Waals surface area contributed by atoms with Crippen molar-refractivity contribution < 1.29 is 19.4 Å². The molecule has 2 amide bonds. The highest BCUT2D eigenvalue weighted by Crippen LogP contribution is 2.31. The Morgan fingerprint density at radius 2 is 2.04 bits per heavy atom. The summed E-state index contributed by atoms with van der Waals surface area (Å²) in [5.74, 6) is 0.539. The molecular weight excluding hydrogens is 344 g/mol. The molecule has 140 valence electrons. The van der Waals surface area contributed by atoms with Crippen molar-refractivity contribution in [1.29, 1.82) is 0 Å². The Morgan fingerprint density at radius 1 is 1.22 bits per heavy atom. The zero-order valence-electron chi connectivity index (χ0n) is 15.2. The molecule has 2 N–H and O–H groups in total. The van der Waals surface area contributed by atoms with Crippen molar-refractivity contribution in [3.63, 3.8) is 0 Å². The van der Waals surface area contributed by atoms with E-state index in [0.29, 0.717) is 18.5 Å². The van der Waals surface area contributed by atoms with Gasteiger partial charge in [-0.2, -0.15) is 0 Å². The molecule has 0 saturated heterocycles. The van der Waals surface area contributed by atoms with E-state index < -0.39 is 5.54 Å². The van der Waals surface area contributed by atoms with Crippen molar-refractivity contribution in [2.24, 2.45) is 0 Å². The summed E-state index contributed by atoms with van der Waals surface area (Å²) in [6.07, 6.45) is 1.24. The monoisotopic (exact) mass is 366 g/mol. The van der Waals surface area contributed by atoms with Gasteiger partial charge >= 0.3 is 0 Å². The molecule has 4 rings (SSSR count). The third kappa shape index (κ3) is 3.17. The van der Waals surface area contributed by atoms with Gasteiger partial charge in [0, 0.05) is 31.1 Å². The van der Waals surface area contributed by atoms with Gasteiger partial charge in [0.1, 0.15) is 17.9 Å². The molecule has 2 aromatic carbocycles. The third-order valence-electron chi connectivity index (χ3n) is 5.30. The molecule has 6 nitrogen and oxygen atoms in total. The second-order valence-electron chi connectivity index (χ2n) is 7.23. The Balaban J connectivity index is 1.55. The number of nitrogens with zero attached hydrogens (tertiary/aromatic N) is 1. The number of rotatable bonds is 3. The molecular formula is C21H22N2O4. The summed E-state index contributed by atoms with van der Waals surface area (Å²) < 4.78 is 5.76. The van der Waals surface area contributed by atoms with Crippen molar-refractivity contribution in [2.45, 2.75) is 25.3 Å². The molecule has 2 heterocycles. The Morgan fingerprint density at radius 3 is 2.81 bits per heavy atom. The highest BCUT2D eigenvalue weighted by molar-refractivity contribution is 5.98. The summed E-state index contributed by atoms with van der Waals surface area (Å²) in [6, 6.07) is 13.0. The predicted octanol–water partition coefficient (Wildman–Crippen LogP) is 1.69. The number of nitrogens with one attached hydrogen (secondary N) is 1. The van der Waals surface area contributed by atoms with Crippen LogP contribution in [0.5, 0.6) is 5.75 Å². The third-order valence-corrected chi connectivity index (χ3v) is 5.30. The van der Waals surface area contributed by atoms with E-state index in [1.54, 1.807) is 17.9 Å². The second-order valence-corrected chi connectivity index (χ2v) is 7.23. The maximum absolute atomic E-state index is 12.8. The predicted molar refractivity (Wildman–Crippen MR) is 101 cm³/mol. The fraction of sp³-hybridized carbons (Fsp3) is 0.333. The highest BCUT2D eigenvalue weighted by atomic mass is 16.5. The van der Waals surface area contributed by atoms with Gasteiger partial charge < -0.3 is 20.1 Å². The van der Waals surface area contributed by atoms with Crippen LogP contribution in [-0.2, 0) is 17.6 Å². The number of carbonyl (C=O) groups is 2. The number of para-hydroxylation sites is 1. The number of aliphatic hydroxyl groups is 1. The number of carbonyl (C=O) groups excluding carboxylic acids is 2. The Hall–Kier alpha value is -2.86. The molecule has 6 heteroatoms. The topological polar surface area (TPSA) is 78.9 Å². The van der Waals surface area contributed by atoms with Gasteiger partial charge in [0.2, 0.25) is 5.91 Å². The normalized spacial score (nSPS) is 20.4. The van der Waals surface area contributed by atoms with Gasteiger partial charge in [0.15, 0.2) is 0 Å².